The average Bonchev–Trinajstić information content (AvgIpc) is 2.16. The maximum Gasteiger partial charge on any atom is 0.306 e. The summed E-state index contributed by atoms with van der Waals surface area (Å²) in [5.74, 6) is -1.15. The predicted octanol–water partition coefficient (Wildman–Crippen LogP) is 1.49. The summed E-state index contributed by atoms with van der Waals surface area (Å²) in [5.41, 5.74) is 0. The van der Waals surface area contributed by atoms with Crippen LogP contribution >= 0.6 is 0 Å². The first-order valence-corrected chi connectivity index (χ1v) is 5.80. The quantitative estimate of drug-likeness (QED) is 0.605. The van der Waals surface area contributed by atoms with Crippen LogP contribution in [0.4, 0.5) is 0 Å². The van der Waals surface area contributed by atoms with E-state index in [4.69, 9.17) is 9.47 Å². The van der Waals surface area contributed by atoms with Gasteiger partial charge < -0.3 is 14.3 Å². The van der Waals surface area contributed by atoms with Gasteiger partial charge in [0.25, 0.3) is 0 Å². The van der Waals surface area contributed by atoms with Crippen molar-refractivity contribution in [1.82, 2.24) is 0 Å². The molecule has 17 heavy (non-hydrogen) atoms. The van der Waals surface area contributed by atoms with Gasteiger partial charge in [-0.3, -0.25) is 9.59 Å². The van der Waals surface area contributed by atoms with Gasteiger partial charge in [-0.2, -0.15) is 0 Å². The number of ether oxygens (including phenoxy) is 2. The summed E-state index contributed by atoms with van der Waals surface area (Å²) < 4.78 is 9.59. The standard InChI is InChI=1S/C12H20O5/c1-4-16-11(14)7-10(6-9(3)13)8-12(15)17-5-2/h10H,4-8H2,1-3H3. The molecule has 0 atom stereocenters. The molecule has 0 aliphatic heterocycles. The van der Waals surface area contributed by atoms with Gasteiger partial charge in [-0.15, -0.1) is 0 Å². The summed E-state index contributed by atoms with van der Waals surface area (Å²) in [6, 6.07) is 0. The molecule has 0 unspecified atom stereocenters. The Hall–Kier alpha value is -1.39. The molecule has 0 radical (unpaired) electrons. The van der Waals surface area contributed by atoms with Gasteiger partial charge in [-0.25, -0.2) is 0 Å². The van der Waals surface area contributed by atoms with Gasteiger partial charge in [0.15, 0.2) is 0 Å². The van der Waals surface area contributed by atoms with Crippen molar-refractivity contribution in [2.24, 2.45) is 5.92 Å². The zero-order valence-corrected chi connectivity index (χ0v) is 10.7. The fourth-order valence-corrected chi connectivity index (χ4v) is 1.53. The highest BCUT2D eigenvalue weighted by molar-refractivity contribution is 5.79. The fraction of sp³-hybridized carbons (Fsp3) is 0.750. The number of ketones is 1. The number of hydrogen-bond acceptors (Lipinski definition) is 5. The molecule has 0 heterocycles. The molecule has 0 saturated heterocycles. The van der Waals surface area contributed by atoms with Gasteiger partial charge in [-0.1, -0.05) is 0 Å². The van der Waals surface area contributed by atoms with Crippen LogP contribution in [0.15, 0.2) is 0 Å². The van der Waals surface area contributed by atoms with E-state index >= 15 is 0 Å². The highest BCUT2D eigenvalue weighted by atomic mass is 16.5. The molecule has 0 N–H and O–H groups in total. The molecule has 0 amide bonds. The Bertz CT molecular complexity index is 252. The lowest BCUT2D eigenvalue weighted by Gasteiger charge is -2.13. The lowest BCUT2D eigenvalue weighted by atomic mass is 9.96. The van der Waals surface area contributed by atoms with Crippen molar-refractivity contribution in [1.29, 1.82) is 0 Å². The van der Waals surface area contributed by atoms with E-state index in [0.717, 1.165) is 0 Å². The first-order chi connectivity index (χ1) is 7.99. The van der Waals surface area contributed by atoms with Crippen molar-refractivity contribution >= 4 is 17.7 Å². The maximum absolute atomic E-state index is 11.3. The minimum absolute atomic E-state index is 0.0522. The summed E-state index contributed by atoms with van der Waals surface area (Å²) in [4.78, 5) is 33.6. The zero-order chi connectivity index (χ0) is 13.3. The van der Waals surface area contributed by atoms with E-state index in [1.165, 1.54) is 6.92 Å². The number of rotatable bonds is 8. The minimum Gasteiger partial charge on any atom is -0.466 e. The molecule has 0 aliphatic rings. The minimum atomic E-state index is -0.386. The van der Waals surface area contributed by atoms with E-state index in [1.54, 1.807) is 13.8 Å². The fourth-order valence-electron chi connectivity index (χ4n) is 1.53. The third-order valence-corrected chi connectivity index (χ3v) is 2.10. The maximum atomic E-state index is 11.3. The first kappa shape index (κ1) is 15.6. The largest absolute Gasteiger partial charge is 0.466 e. The van der Waals surface area contributed by atoms with Crippen molar-refractivity contribution in [3.05, 3.63) is 0 Å². The highest BCUT2D eigenvalue weighted by Crippen LogP contribution is 2.16. The second kappa shape index (κ2) is 8.73. The van der Waals surface area contributed by atoms with Crippen molar-refractivity contribution in [2.45, 2.75) is 40.0 Å². The Morgan fingerprint density at radius 1 is 0.882 bits per heavy atom. The van der Waals surface area contributed by atoms with E-state index in [2.05, 4.69) is 0 Å². The van der Waals surface area contributed by atoms with Gasteiger partial charge in [0.05, 0.1) is 13.2 Å². The van der Waals surface area contributed by atoms with Crippen LogP contribution in [-0.2, 0) is 23.9 Å². The van der Waals surface area contributed by atoms with E-state index in [9.17, 15) is 14.4 Å². The molecule has 0 rings (SSSR count). The van der Waals surface area contributed by atoms with Crippen LogP contribution in [0, 0.1) is 5.92 Å². The van der Waals surface area contributed by atoms with Crippen LogP contribution < -0.4 is 0 Å². The third-order valence-electron chi connectivity index (χ3n) is 2.10. The van der Waals surface area contributed by atoms with E-state index in [1.807, 2.05) is 0 Å². The Labute approximate surface area is 101 Å². The molecule has 0 saturated carbocycles. The third kappa shape index (κ3) is 8.42. The van der Waals surface area contributed by atoms with Crippen molar-refractivity contribution in [3.63, 3.8) is 0 Å². The van der Waals surface area contributed by atoms with E-state index in [-0.39, 0.29) is 42.9 Å². The molecular formula is C12H20O5. The van der Waals surface area contributed by atoms with Crippen LogP contribution in [0.1, 0.15) is 40.0 Å². The van der Waals surface area contributed by atoms with Gasteiger partial charge in [-0.05, 0) is 26.7 Å². The van der Waals surface area contributed by atoms with E-state index in [0.29, 0.717) is 13.2 Å². The number of Topliss-reactive ketones (excluding diaryl/α,β-unsaturated/α-hetero) is 1. The SMILES string of the molecule is CCOC(=O)CC(CC(C)=O)CC(=O)OCC. The summed E-state index contributed by atoms with van der Waals surface area (Å²) in [6.45, 7) is 5.45. The normalized spacial score (nSPS) is 10.1. The number of carbonyl (C=O) groups is 3. The molecule has 0 bridgehead atoms. The second-order valence-corrected chi connectivity index (χ2v) is 3.79. The summed E-state index contributed by atoms with van der Waals surface area (Å²) >= 11 is 0. The molecule has 0 fully saturated rings. The Morgan fingerprint density at radius 3 is 1.59 bits per heavy atom. The van der Waals surface area contributed by atoms with E-state index < -0.39 is 0 Å². The summed E-state index contributed by atoms with van der Waals surface area (Å²) in [6.07, 6.45) is 0.343. The lowest BCUT2D eigenvalue weighted by Crippen LogP contribution is -2.18. The van der Waals surface area contributed by atoms with Crippen molar-refractivity contribution in [2.75, 3.05) is 13.2 Å². The molecule has 5 nitrogen and oxygen atoms in total. The molecule has 0 aromatic rings. The predicted molar refractivity (Wildman–Crippen MR) is 61.3 cm³/mol. The van der Waals surface area contributed by atoms with Crippen LogP contribution in [0.5, 0.6) is 0 Å². The van der Waals surface area contributed by atoms with Gasteiger partial charge in [0.2, 0.25) is 0 Å². The molecule has 5 heteroatoms. The number of esters is 2. The molecule has 0 aromatic carbocycles. The lowest BCUT2D eigenvalue weighted by molar-refractivity contribution is -0.147. The molecule has 0 aromatic heterocycles. The second-order valence-electron chi connectivity index (χ2n) is 3.79. The Kier molecular flexibility index (Phi) is 8.01. The highest BCUT2D eigenvalue weighted by Gasteiger charge is 2.20. The van der Waals surface area contributed by atoms with Crippen LogP contribution in [0.3, 0.4) is 0 Å². The summed E-state index contributed by atoms with van der Waals surface area (Å²) in [7, 11) is 0. The Balaban J connectivity index is 4.27. The summed E-state index contributed by atoms with van der Waals surface area (Å²) in [5, 5.41) is 0. The van der Waals surface area contributed by atoms with Crippen LogP contribution in [0.25, 0.3) is 0 Å². The zero-order valence-electron chi connectivity index (χ0n) is 10.7. The van der Waals surface area contributed by atoms with Gasteiger partial charge >= 0.3 is 11.9 Å². The van der Waals surface area contributed by atoms with Crippen LogP contribution in [0.2, 0.25) is 0 Å². The smallest absolute Gasteiger partial charge is 0.306 e. The Morgan fingerprint density at radius 2 is 1.29 bits per heavy atom. The van der Waals surface area contributed by atoms with Crippen LogP contribution in [-0.4, -0.2) is 30.9 Å². The molecule has 98 valence electrons. The molecule has 0 spiro atoms. The topological polar surface area (TPSA) is 69.7 Å². The number of carbonyl (C=O) groups excluding carboxylic acids is 3. The van der Waals surface area contributed by atoms with Gasteiger partial charge in [0, 0.05) is 19.3 Å². The van der Waals surface area contributed by atoms with Crippen molar-refractivity contribution in [3.8, 4) is 0 Å². The molecule has 0 aliphatic carbocycles. The molecular weight excluding hydrogens is 224 g/mol. The average molecular weight is 244 g/mol. The van der Waals surface area contributed by atoms with Crippen molar-refractivity contribution < 1.29 is 23.9 Å². The first-order valence-electron chi connectivity index (χ1n) is 5.80. The number of hydrogen-bond donors (Lipinski definition) is 0. The monoisotopic (exact) mass is 244 g/mol. The van der Waals surface area contributed by atoms with Gasteiger partial charge in [0.1, 0.15) is 5.78 Å².